The molecule has 0 rings (SSSR count). The largest absolute Gasteiger partial charge is 0.405 e. The Morgan fingerprint density at radius 3 is 2.50 bits per heavy atom. The van der Waals surface area contributed by atoms with E-state index in [0.29, 0.717) is 0 Å². The molecule has 0 aromatic carbocycles. The zero-order valence-corrected chi connectivity index (χ0v) is 6.00. The van der Waals surface area contributed by atoms with Crippen LogP contribution in [-0.4, -0.2) is 11.9 Å². The standard InChI is InChI=1S/C6H13N3O/c1-4(3-7)5(8)2-6(9)10/h3,5H,2,7-8H2,1H3,(H2,9,10)/b4-3+. The highest BCUT2D eigenvalue weighted by Gasteiger charge is 2.06. The molecule has 0 heterocycles. The zero-order valence-electron chi connectivity index (χ0n) is 6.00. The first-order valence-corrected chi connectivity index (χ1v) is 3.00. The second-order valence-electron chi connectivity index (χ2n) is 2.19. The van der Waals surface area contributed by atoms with E-state index in [2.05, 4.69) is 0 Å². The van der Waals surface area contributed by atoms with Crippen LogP contribution in [0.5, 0.6) is 0 Å². The van der Waals surface area contributed by atoms with Gasteiger partial charge in [-0.25, -0.2) is 0 Å². The van der Waals surface area contributed by atoms with Gasteiger partial charge in [-0.3, -0.25) is 4.79 Å². The summed E-state index contributed by atoms with van der Waals surface area (Å²) in [5, 5.41) is 0. The van der Waals surface area contributed by atoms with Gasteiger partial charge in [0.2, 0.25) is 5.91 Å². The average molecular weight is 143 g/mol. The first-order chi connectivity index (χ1) is 4.57. The number of hydrogen-bond donors (Lipinski definition) is 3. The lowest BCUT2D eigenvalue weighted by atomic mass is 10.1. The van der Waals surface area contributed by atoms with Gasteiger partial charge in [0.15, 0.2) is 0 Å². The Hall–Kier alpha value is -1.03. The second kappa shape index (κ2) is 3.90. The zero-order chi connectivity index (χ0) is 8.15. The Kier molecular flexibility index (Phi) is 3.49. The molecule has 0 bridgehead atoms. The molecule has 1 amide bonds. The molecule has 0 spiro atoms. The Labute approximate surface area is 60.1 Å². The molecule has 0 aromatic rings. The molecule has 0 radical (unpaired) electrons. The fourth-order valence-electron chi connectivity index (χ4n) is 0.501. The van der Waals surface area contributed by atoms with Gasteiger partial charge in [0.05, 0.1) is 0 Å². The normalized spacial score (nSPS) is 14.8. The predicted octanol–water partition coefficient (Wildman–Crippen LogP) is -0.948. The number of rotatable bonds is 3. The minimum atomic E-state index is -0.409. The van der Waals surface area contributed by atoms with Crippen LogP contribution in [0.15, 0.2) is 11.8 Å². The number of primary amides is 1. The molecule has 4 heteroatoms. The molecule has 10 heavy (non-hydrogen) atoms. The monoisotopic (exact) mass is 143 g/mol. The molecule has 0 aliphatic carbocycles. The minimum Gasteiger partial charge on any atom is -0.405 e. The van der Waals surface area contributed by atoms with E-state index in [1.807, 2.05) is 0 Å². The lowest BCUT2D eigenvalue weighted by Gasteiger charge is -2.07. The first-order valence-electron chi connectivity index (χ1n) is 3.00. The summed E-state index contributed by atoms with van der Waals surface area (Å²) in [6.45, 7) is 1.76. The van der Waals surface area contributed by atoms with Crippen molar-refractivity contribution in [1.29, 1.82) is 0 Å². The Morgan fingerprint density at radius 1 is 1.70 bits per heavy atom. The van der Waals surface area contributed by atoms with E-state index >= 15 is 0 Å². The molecular weight excluding hydrogens is 130 g/mol. The van der Waals surface area contributed by atoms with E-state index in [4.69, 9.17) is 17.2 Å². The quantitative estimate of drug-likeness (QED) is 0.475. The molecule has 0 saturated heterocycles. The van der Waals surface area contributed by atoms with Crippen molar-refractivity contribution in [2.24, 2.45) is 17.2 Å². The number of hydrogen-bond acceptors (Lipinski definition) is 3. The van der Waals surface area contributed by atoms with Crippen molar-refractivity contribution in [3.63, 3.8) is 0 Å². The van der Waals surface area contributed by atoms with Gasteiger partial charge >= 0.3 is 0 Å². The predicted molar refractivity (Wildman–Crippen MR) is 39.7 cm³/mol. The first kappa shape index (κ1) is 8.97. The summed E-state index contributed by atoms with van der Waals surface area (Å²) < 4.78 is 0. The van der Waals surface area contributed by atoms with Crippen LogP contribution in [-0.2, 0) is 4.79 Å². The molecule has 6 N–H and O–H groups in total. The number of amides is 1. The molecule has 1 atom stereocenters. The van der Waals surface area contributed by atoms with Crippen molar-refractivity contribution in [3.8, 4) is 0 Å². The fourth-order valence-corrected chi connectivity index (χ4v) is 0.501. The SMILES string of the molecule is C/C(=C\N)C(N)CC(N)=O. The summed E-state index contributed by atoms with van der Waals surface area (Å²) in [6, 6.07) is -0.331. The van der Waals surface area contributed by atoms with Crippen molar-refractivity contribution in [2.45, 2.75) is 19.4 Å². The summed E-state index contributed by atoms with van der Waals surface area (Å²) >= 11 is 0. The molecule has 4 nitrogen and oxygen atoms in total. The van der Waals surface area contributed by atoms with Crippen molar-refractivity contribution in [1.82, 2.24) is 0 Å². The molecule has 0 aliphatic heterocycles. The summed E-state index contributed by atoms with van der Waals surface area (Å²) in [5.74, 6) is -0.409. The third-order valence-corrected chi connectivity index (χ3v) is 1.27. The van der Waals surface area contributed by atoms with E-state index in [1.54, 1.807) is 6.92 Å². The van der Waals surface area contributed by atoms with Crippen LogP contribution in [0, 0.1) is 0 Å². The minimum absolute atomic E-state index is 0.152. The Balaban J connectivity index is 3.85. The van der Waals surface area contributed by atoms with E-state index in [0.717, 1.165) is 5.57 Å². The maximum Gasteiger partial charge on any atom is 0.219 e. The van der Waals surface area contributed by atoms with Crippen LogP contribution < -0.4 is 17.2 Å². The van der Waals surface area contributed by atoms with Gasteiger partial charge in [-0.2, -0.15) is 0 Å². The summed E-state index contributed by atoms with van der Waals surface area (Å²) in [6.07, 6.45) is 1.53. The van der Waals surface area contributed by atoms with Crippen LogP contribution in [0.25, 0.3) is 0 Å². The van der Waals surface area contributed by atoms with Crippen LogP contribution in [0.1, 0.15) is 13.3 Å². The lowest BCUT2D eigenvalue weighted by molar-refractivity contribution is -0.118. The summed E-state index contributed by atoms with van der Waals surface area (Å²) in [4.78, 5) is 10.3. The van der Waals surface area contributed by atoms with Crippen molar-refractivity contribution >= 4 is 5.91 Å². The molecular formula is C6H13N3O. The molecule has 0 aliphatic rings. The highest BCUT2D eigenvalue weighted by molar-refractivity contribution is 5.74. The Morgan fingerprint density at radius 2 is 2.20 bits per heavy atom. The van der Waals surface area contributed by atoms with E-state index in [9.17, 15) is 4.79 Å². The van der Waals surface area contributed by atoms with Crippen molar-refractivity contribution < 1.29 is 4.79 Å². The summed E-state index contributed by atoms with van der Waals surface area (Å²) in [5.41, 5.74) is 16.3. The van der Waals surface area contributed by atoms with E-state index in [-0.39, 0.29) is 12.5 Å². The maximum absolute atomic E-state index is 10.3. The van der Waals surface area contributed by atoms with E-state index < -0.39 is 5.91 Å². The van der Waals surface area contributed by atoms with Crippen LogP contribution >= 0.6 is 0 Å². The van der Waals surface area contributed by atoms with Gasteiger partial charge in [-0.15, -0.1) is 0 Å². The number of carbonyl (C=O) groups is 1. The maximum atomic E-state index is 10.3. The van der Waals surface area contributed by atoms with Crippen LogP contribution in [0.4, 0.5) is 0 Å². The average Bonchev–Trinajstić information content (AvgIpc) is 1.85. The van der Waals surface area contributed by atoms with Gasteiger partial charge in [0.1, 0.15) is 0 Å². The van der Waals surface area contributed by atoms with Crippen LogP contribution in [0.3, 0.4) is 0 Å². The van der Waals surface area contributed by atoms with Gasteiger partial charge in [0.25, 0.3) is 0 Å². The third-order valence-electron chi connectivity index (χ3n) is 1.27. The highest BCUT2D eigenvalue weighted by atomic mass is 16.1. The fraction of sp³-hybridized carbons (Fsp3) is 0.500. The van der Waals surface area contributed by atoms with Crippen molar-refractivity contribution in [2.75, 3.05) is 0 Å². The second-order valence-corrected chi connectivity index (χ2v) is 2.19. The highest BCUT2D eigenvalue weighted by Crippen LogP contribution is 1.99. The molecule has 0 fully saturated rings. The van der Waals surface area contributed by atoms with Gasteiger partial charge in [0, 0.05) is 12.5 Å². The van der Waals surface area contributed by atoms with E-state index in [1.165, 1.54) is 6.20 Å². The van der Waals surface area contributed by atoms with Gasteiger partial charge < -0.3 is 17.2 Å². The number of carbonyl (C=O) groups excluding carboxylic acids is 1. The third kappa shape index (κ3) is 3.09. The number of nitrogens with two attached hydrogens (primary N) is 3. The van der Waals surface area contributed by atoms with Gasteiger partial charge in [-0.05, 0) is 18.7 Å². The smallest absolute Gasteiger partial charge is 0.219 e. The Bertz CT molecular complexity index is 153. The topological polar surface area (TPSA) is 95.1 Å². The summed E-state index contributed by atoms with van der Waals surface area (Å²) in [7, 11) is 0. The lowest BCUT2D eigenvalue weighted by Crippen LogP contribution is -2.28. The molecule has 0 saturated carbocycles. The van der Waals surface area contributed by atoms with Crippen molar-refractivity contribution in [3.05, 3.63) is 11.8 Å². The molecule has 0 aromatic heterocycles. The molecule has 58 valence electrons. The van der Waals surface area contributed by atoms with Gasteiger partial charge in [-0.1, -0.05) is 0 Å². The molecule has 1 unspecified atom stereocenters. The van der Waals surface area contributed by atoms with Crippen LogP contribution in [0.2, 0.25) is 0 Å².